The summed E-state index contributed by atoms with van der Waals surface area (Å²) >= 11 is 0. The molecular weight excluding hydrogens is 348 g/mol. The van der Waals surface area contributed by atoms with Gasteiger partial charge in [-0.2, -0.15) is 0 Å². The molecular formula is C24H34N2O2. The van der Waals surface area contributed by atoms with E-state index in [1.807, 2.05) is 24.3 Å². The minimum atomic E-state index is 0.0899. The largest absolute Gasteiger partial charge is 0.335 e. The molecule has 4 rings (SSSR count). The molecule has 3 fully saturated rings. The van der Waals surface area contributed by atoms with E-state index in [4.69, 9.17) is 0 Å². The molecule has 1 heterocycles. The van der Waals surface area contributed by atoms with Gasteiger partial charge in [0.2, 0.25) is 5.91 Å². The third-order valence-electron chi connectivity index (χ3n) is 7.17. The fraction of sp³-hybridized carbons (Fsp3) is 0.667. The van der Waals surface area contributed by atoms with Gasteiger partial charge in [-0.15, -0.1) is 0 Å². The Bertz CT molecular complexity index is 676. The Balaban J connectivity index is 1.32. The molecule has 0 radical (unpaired) electrons. The first-order valence-corrected chi connectivity index (χ1v) is 11.4. The van der Waals surface area contributed by atoms with E-state index in [1.165, 1.54) is 51.4 Å². The summed E-state index contributed by atoms with van der Waals surface area (Å²) in [6.45, 7) is 0.889. The molecule has 1 N–H and O–H groups in total. The molecule has 1 aromatic rings. The fourth-order valence-electron chi connectivity index (χ4n) is 5.60. The first kappa shape index (κ1) is 19.5. The number of hydrogen-bond acceptors (Lipinski definition) is 2. The molecule has 3 aliphatic rings. The number of carbonyl (C=O) groups excluding carboxylic acids is 2. The maximum Gasteiger partial charge on any atom is 0.254 e. The van der Waals surface area contributed by atoms with Gasteiger partial charge in [0.15, 0.2) is 0 Å². The predicted octanol–water partition coefficient (Wildman–Crippen LogP) is 5.39. The van der Waals surface area contributed by atoms with Crippen LogP contribution in [0.4, 0.5) is 5.69 Å². The molecule has 0 unspecified atom stereocenters. The van der Waals surface area contributed by atoms with E-state index in [0.717, 1.165) is 43.0 Å². The predicted molar refractivity (Wildman–Crippen MR) is 112 cm³/mol. The number of anilines is 1. The highest BCUT2D eigenvalue weighted by Crippen LogP contribution is 2.36. The number of nitrogens with one attached hydrogen (secondary N) is 1. The first-order chi connectivity index (χ1) is 13.7. The number of nitrogens with zero attached hydrogens (tertiary/aromatic N) is 1. The van der Waals surface area contributed by atoms with Crippen LogP contribution in [-0.4, -0.2) is 29.3 Å². The molecule has 0 spiro atoms. The maximum absolute atomic E-state index is 13.1. The third kappa shape index (κ3) is 4.59. The number of hydrogen-bond donors (Lipinski definition) is 1. The van der Waals surface area contributed by atoms with Crippen molar-refractivity contribution in [2.24, 2.45) is 11.8 Å². The van der Waals surface area contributed by atoms with E-state index in [2.05, 4.69) is 10.2 Å². The van der Waals surface area contributed by atoms with Crippen LogP contribution >= 0.6 is 0 Å². The van der Waals surface area contributed by atoms with Gasteiger partial charge in [-0.1, -0.05) is 38.5 Å². The SMILES string of the molecule is O=C(CCC1CCCC1)Nc1ccc(C(=O)N2CCC[C@@H]3CCCC[C@@H]32)cc1. The van der Waals surface area contributed by atoms with Crippen LogP contribution in [0.25, 0.3) is 0 Å². The molecule has 0 bridgehead atoms. The Hall–Kier alpha value is -1.84. The van der Waals surface area contributed by atoms with Crippen LogP contribution in [0.2, 0.25) is 0 Å². The number of rotatable bonds is 5. The molecule has 1 aromatic carbocycles. The summed E-state index contributed by atoms with van der Waals surface area (Å²) in [4.78, 5) is 27.4. The fourth-order valence-corrected chi connectivity index (χ4v) is 5.60. The van der Waals surface area contributed by atoms with Crippen LogP contribution in [0.1, 0.15) is 87.4 Å². The van der Waals surface area contributed by atoms with E-state index in [1.54, 1.807) is 0 Å². The van der Waals surface area contributed by atoms with E-state index in [0.29, 0.717) is 18.4 Å². The molecule has 2 atom stereocenters. The van der Waals surface area contributed by atoms with Gasteiger partial charge in [-0.25, -0.2) is 0 Å². The second-order valence-corrected chi connectivity index (χ2v) is 9.07. The van der Waals surface area contributed by atoms with E-state index in [-0.39, 0.29) is 11.8 Å². The van der Waals surface area contributed by atoms with Crippen molar-refractivity contribution in [3.8, 4) is 0 Å². The van der Waals surface area contributed by atoms with Crippen molar-refractivity contribution in [2.45, 2.75) is 83.1 Å². The van der Waals surface area contributed by atoms with Gasteiger partial charge in [0, 0.05) is 30.3 Å². The van der Waals surface area contributed by atoms with Crippen molar-refractivity contribution in [1.82, 2.24) is 4.90 Å². The Kier molecular flexibility index (Phi) is 6.33. The van der Waals surface area contributed by atoms with E-state index in [9.17, 15) is 9.59 Å². The number of benzene rings is 1. The third-order valence-corrected chi connectivity index (χ3v) is 7.17. The average molecular weight is 383 g/mol. The number of amides is 2. The average Bonchev–Trinajstić information content (AvgIpc) is 3.26. The zero-order valence-electron chi connectivity index (χ0n) is 17.0. The van der Waals surface area contributed by atoms with E-state index < -0.39 is 0 Å². The van der Waals surface area contributed by atoms with Gasteiger partial charge < -0.3 is 10.2 Å². The number of fused-ring (bicyclic) bond motifs is 1. The number of carbonyl (C=O) groups is 2. The monoisotopic (exact) mass is 382 g/mol. The summed E-state index contributed by atoms with van der Waals surface area (Å²) in [5, 5.41) is 2.99. The molecule has 4 heteroatoms. The van der Waals surface area contributed by atoms with Crippen molar-refractivity contribution >= 4 is 17.5 Å². The van der Waals surface area contributed by atoms with Crippen molar-refractivity contribution in [1.29, 1.82) is 0 Å². The Morgan fingerprint density at radius 3 is 2.36 bits per heavy atom. The van der Waals surface area contributed by atoms with Crippen LogP contribution in [0.3, 0.4) is 0 Å². The lowest BCUT2D eigenvalue weighted by Crippen LogP contribution is -2.49. The second kappa shape index (κ2) is 9.11. The molecule has 2 aliphatic carbocycles. The standard InChI is InChI=1S/C24H34N2O2/c27-23(16-11-18-6-1-2-7-18)25-21-14-12-20(13-15-21)24(28)26-17-5-9-19-8-3-4-10-22(19)26/h12-15,18-19,22H,1-11,16-17H2,(H,25,27)/t19-,22-/m0/s1. The smallest absolute Gasteiger partial charge is 0.254 e. The highest BCUT2D eigenvalue weighted by atomic mass is 16.2. The normalized spacial score (nSPS) is 25.4. The van der Waals surface area contributed by atoms with Crippen LogP contribution in [0.5, 0.6) is 0 Å². The summed E-state index contributed by atoms with van der Waals surface area (Å²) in [6, 6.07) is 7.94. The molecule has 2 amide bonds. The molecule has 4 nitrogen and oxygen atoms in total. The van der Waals surface area contributed by atoms with Crippen molar-refractivity contribution < 1.29 is 9.59 Å². The summed E-state index contributed by atoms with van der Waals surface area (Å²) in [7, 11) is 0. The lowest BCUT2D eigenvalue weighted by molar-refractivity contribution is -0.116. The van der Waals surface area contributed by atoms with Crippen molar-refractivity contribution in [2.75, 3.05) is 11.9 Å². The van der Waals surface area contributed by atoms with Gasteiger partial charge in [0.25, 0.3) is 5.91 Å². The zero-order valence-corrected chi connectivity index (χ0v) is 17.0. The Labute approximate surface area is 169 Å². The topological polar surface area (TPSA) is 49.4 Å². The highest BCUT2D eigenvalue weighted by Gasteiger charge is 2.35. The minimum Gasteiger partial charge on any atom is -0.335 e. The van der Waals surface area contributed by atoms with Crippen LogP contribution in [0, 0.1) is 11.8 Å². The quantitative estimate of drug-likeness (QED) is 0.742. The molecule has 1 aliphatic heterocycles. The Morgan fingerprint density at radius 1 is 0.893 bits per heavy atom. The van der Waals surface area contributed by atoms with Gasteiger partial charge in [0.1, 0.15) is 0 Å². The maximum atomic E-state index is 13.1. The molecule has 152 valence electrons. The number of piperidine rings is 1. The lowest BCUT2D eigenvalue weighted by atomic mass is 9.78. The van der Waals surface area contributed by atoms with Crippen LogP contribution < -0.4 is 5.32 Å². The van der Waals surface area contributed by atoms with Crippen LogP contribution in [0.15, 0.2) is 24.3 Å². The summed E-state index contributed by atoms with van der Waals surface area (Å²) < 4.78 is 0. The van der Waals surface area contributed by atoms with Gasteiger partial charge in [0.05, 0.1) is 0 Å². The second-order valence-electron chi connectivity index (χ2n) is 9.07. The van der Waals surface area contributed by atoms with Gasteiger partial charge in [-0.3, -0.25) is 9.59 Å². The zero-order chi connectivity index (χ0) is 19.3. The molecule has 28 heavy (non-hydrogen) atoms. The van der Waals surface area contributed by atoms with Crippen LogP contribution in [-0.2, 0) is 4.79 Å². The summed E-state index contributed by atoms with van der Waals surface area (Å²) in [6.07, 6.45) is 14.2. The van der Waals surface area contributed by atoms with Crippen molar-refractivity contribution in [3.05, 3.63) is 29.8 Å². The Morgan fingerprint density at radius 2 is 1.57 bits per heavy atom. The van der Waals surface area contributed by atoms with Gasteiger partial charge in [-0.05, 0) is 68.2 Å². The summed E-state index contributed by atoms with van der Waals surface area (Å²) in [5.41, 5.74) is 1.54. The molecule has 2 saturated carbocycles. The first-order valence-electron chi connectivity index (χ1n) is 11.4. The molecule has 1 saturated heterocycles. The van der Waals surface area contributed by atoms with E-state index >= 15 is 0 Å². The lowest BCUT2D eigenvalue weighted by Gasteiger charge is -2.44. The minimum absolute atomic E-state index is 0.0899. The molecule has 0 aromatic heterocycles. The van der Waals surface area contributed by atoms with Gasteiger partial charge >= 0.3 is 0 Å². The highest BCUT2D eigenvalue weighted by molar-refractivity contribution is 5.96. The summed E-state index contributed by atoms with van der Waals surface area (Å²) in [5.74, 6) is 1.69. The number of likely N-dealkylation sites (tertiary alicyclic amines) is 1. The van der Waals surface area contributed by atoms with Crippen molar-refractivity contribution in [3.63, 3.8) is 0 Å².